The summed E-state index contributed by atoms with van der Waals surface area (Å²) in [6.07, 6.45) is 2.60. The van der Waals surface area contributed by atoms with Crippen LogP contribution in [0.2, 0.25) is 0 Å². The summed E-state index contributed by atoms with van der Waals surface area (Å²) in [5.41, 5.74) is 2.07. The summed E-state index contributed by atoms with van der Waals surface area (Å²) in [6, 6.07) is 0. The molecule has 0 saturated heterocycles. The third-order valence-corrected chi connectivity index (χ3v) is 1.43. The van der Waals surface area contributed by atoms with Crippen LogP contribution in [0.5, 0.6) is 0 Å². The smallest absolute Gasteiger partial charge is 0.427 e. The van der Waals surface area contributed by atoms with Crippen molar-refractivity contribution in [1.82, 2.24) is 5.48 Å². The average Bonchev–Trinajstić information content (AvgIpc) is 2.00. The average molecular weight is 203 g/mol. The fourth-order valence-corrected chi connectivity index (χ4v) is 0.828. The second kappa shape index (κ2) is 6.65. The van der Waals surface area contributed by atoms with Crippen molar-refractivity contribution in [2.75, 3.05) is 6.54 Å². The highest BCUT2D eigenvalue weighted by Crippen LogP contribution is 2.07. The van der Waals surface area contributed by atoms with Gasteiger partial charge in [0, 0.05) is 6.54 Å². The van der Waals surface area contributed by atoms with Gasteiger partial charge in [-0.1, -0.05) is 19.8 Å². The third kappa shape index (κ3) is 9.32. The molecular weight excluding hydrogens is 182 g/mol. The van der Waals surface area contributed by atoms with E-state index < -0.39 is 11.8 Å². The van der Waals surface area contributed by atoms with E-state index in [2.05, 4.69) is 17.2 Å². The monoisotopic (exact) mass is 203 g/mol. The number of hydroxylamine groups is 1. The predicted molar refractivity (Wildman–Crippen MR) is 54.8 cm³/mol. The molecule has 0 aromatic rings. The van der Waals surface area contributed by atoms with Gasteiger partial charge in [-0.15, -0.1) is 5.48 Å². The molecule has 0 aliphatic carbocycles. The normalized spacial score (nSPS) is 11.1. The zero-order valence-corrected chi connectivity index (χ0v) is 9.55. The van der Waals surface area contributed by atoms with Crippen LogP contribution in [-0.4, -0.2) is 18.3 Å². The van der Waals surface area contributed by atoms with Crippen molar-refractivity contribution < 1.29 is 14.4 Å². The van der Waals surface area contributed by atoms with Crippen molar-refractivity contribution in [2.24, 2.45) is 0 Å². The minimum atomic E-state index is -0.672. The van der Waals surface area contributed by atoms with Crippen molar-refractivity contribution in [3.8, 4) is 0 Å². The molecule has 0 saturated carbocycles. The minimum absolute atomic E-state index is 0.498. The number of carbonyl (C=O) groups is 1. The van der Waals surface area contributed by atoms with Gasteiger partial charge in [-0.2, -0.15) is 0 Å². The van der Waals surface area contributed by atoms with Gasteiger partial charge >= 0.3 is 6.16 Å². The molecule has 0 amide bonds. The number of carbonyl (C=O) groups excluding carboxylic acids is 1. The Morgan fingerprint density at radius 3 is 2.43 bits per heavy atom. The van der Waals surface area contributed by atoms with Crippen molar-refractivity contribution in [1.29, 1.82) is 0 Å². The Bertz CT molecular complexity index is 163. The molecule has 0 fully saturated rings. The molecule has 4 nitrogen and oxygen atoms in total. The van der Waals surface area contributed by atoms with Gasteiger partial charge in [-0.25, -0.2) is 4.79 Å². The lowest BCUT2D eigenvalue weighted by atomic mass is 10.2. The maximum absolute atomic E-state index is 11.0. The molecule has 1 N–H and O–H groups in total. The highest BCUT2D eigenvalue weighted by atomic mass is 16.8. The van der Waals surface area contributed by atoms with Gasteiger partial charge < -0.3 is 9.57 Å². The SMILES string of the molecule is CCCCCNOC(=O)OC(C)(C)C. The van der Waals surface area contributed by atoms with Crippen molar-refractivity contribution in [2.45, 2.75) is 52.6 Å². The Hall–Kier alpha value is -0.770. The van der Waals surface area contributed by atoms with E-state index in [1.54, 1.807) is 20.8 Å². The zero-order chi connectivity index (χ0) is 11.0. The maximum Gasteiger partial charge on any atom is 0.528 e. The van der Waals surface area contributed by atoms with Crippen molar-refractivity contribution >= 4 is 6.16 Å². The van der Waals surface area contributed by atoms with E-state index >= 15 is 0 Å². The van der Waals surface area contributed by atoms with Crippen molar-refractivity contribution in [3.63, 3.8) is 0 Å². The van der Waals surface area contributed by atoms with Crippen LogP contribution in [0.1, 0.15) is 47.0 Å². The highest BCUT2D eigenvalue weighted by molar-refractivity contribution is 5.60. The number of nitrogens with one attached hydrogen (secondary N) is 1. The van der Waals surface area contributed by atoms with Gasteiger partial charge in [0.05, 0.1) is 0 Å². The first kappa shape index (κ1) is 13.2. The van der Waals surface area contributed by atoms with Crippen LogP contribution >= 0.6 is 0 Å². The van der Waals surface area contributed by atoms with E-state index in [-0.39, 0.29) is 0 Å². The maximum atomic E-state index is 11.0. The van der Waals surface area contributed by atoms with Crippen molar-refractivity contribution in [3.05, 3.63) is 0 Å². The molecule has 0 radical (unpaired) electrons. The van der Waals surface area contributed by atoms with Crippen LogP contribution in [0.15, 0.2) is 0 Å². The van der Waals surface area contributed by atoms with Crippen LogP contribution in [0.3, 0.4) is 0 Å². The molecule has 0 heterocycles. The largest absolute Gasteiger partial charge is 0.528 e. The molecule has 14 heavy (non-hydrogen) atoms. The van der Waals surface area contributed by atoms with Gasteiger partial charge in [0.2, 0.25) is 0 Å². The summed E-state index contributed by atoms with van der Waals surface area (Å²) in [7, 11) is 0. The molecule has 0 aliphatic rings. The van der Waals surface area contributed by atoms with Gasteiger partial charge in [-0.3, -0.25) is 0 Å². The van der Waals surface area contributed by atoms with Gasteiger partial charge in [0.25, 0.3) is 0 Å². The van der Waals surface area contributed by atoms with E-state index in [4.69, 9.17) is 4.74 Å². The first-order chi connectivity index (χ1) is 6.45. The van der Waals surface area contributed by atoms with E-state index in [0.29, 0.717) is 6.54 Å². The highest BCUT2D eigenvalue weighted by Gasteiger charge is 2.17. The molecule has 0 bridgehead atoms. The fourth-order valence-electron chi connectivity index (χ4n) is 0.828. The first-order valence-electron chi connectivity index (χ1n) is 5.08. The Morgan fingerprint density at radius 2 is 1.93 bits per heavy atom. The van der Waals surface area contributed by atoms with Gasteiger partial charge in [0.1, 0.15) is 5.60 Å². The van der Waals surface area contributed by atoms with Crippen LogP contribution in [-0.2, 0) is 9.57 Å². The van der Waals surface area contributed by atoms with Gasteiger partial charge in [-0.05, 0) is 27.2 Å². The summed E-state index contributed by atoms with van der Waals surface area (Å²) in [4.78, 5) is 15.6. The first-order valence-corrected chi connectivity index (χ1v) is 5.08. The number of hydrogen-bond acceptors (Lipinski definition) is 4. The topological polar surface area (TPSA) is 47.6 Å². The predicted octanol–water partition coefficient (Wildman–Crippen LogP) is 2.63. The van der Waals surface area contributed by atoms with E-state index in [1.807, 2.05) is 0 Å². The molecule has 0 unspecified atom stereocenters. The van der Waals surface area contributed by atoms with Crippen LogP contribution in [0.4, 0.5) is 4.79 Å². The molecule has 0 atom stereocenters. The second-order valence-electron chi connectivity index (χ2n) is 4.17. The number of unbranched alkanes of at least 4 members (excludes halogenated alkanes) is 2. The van der Waals surface area contributed by atoms with Crippen LogP contribution in [0, 0.1) is 0 Å². The second-order valence-corrected chi connectivity index (χ2v) is 4.17. The zero-order valence-electron chi connectivity index (χ0n) is 9.55. The van der Waals surface area contributed by atoms with Gasteiger partial charge in [0.15, 0.2) is 0 Å². The molecular formula is C10H21NO3. The Balaban J connectivity index is 3.36. The van der Waals surface area contributed by atoms with E-state index in [1.165, 1.54) is 0 Å². The minimum Gasteiger partial charge on any atom is -0.427 e. The fraction of sp³-hybridized carbons (Fsp3) is 0.900. The standard InChI is InChI=1S/C10H21NO3/c1-5-6-7-8-11-14-9(12)13-10(2,3)4/h11H,5-8H2,1-4H3. The van der Waals surface area contributed by atoms with E-state index in [0.717, 1.165) is 19.3 Å². The molecule has 0 aliphatic heterocycles. The summed E-state index contributed by atoms with van der Waals surface area (Å²) in [5, 5.41) is 0. The summed E-state index contributed by atoms with van der Waals surface area (Å²) >= 11 is 0. The molecule has 0 aromatic carbocycles. The third-order valence-electron chi connectivity index (χ3n) is 1.43. The Morgan fingerprint density at radius 1 is 1.29 bits per heavy atom. The number of rotatable bonds is 5. The Kier molecular flexibility index (Phi) is 6.28. The molecule has 4 heteroatoms. The lowest BCUT2D eigenvalue weighted by Gasteiger charge is -2.18. The number of hydrogen-bond donors (Lipinski definition) is 1. The molecule has 0 spiro atoms. The summed E-state index contributed by atoms with van der Waals surface area (Å²) < 4.78 is 4.92. The van der Waals surface area contributed by atoms with Crippen LogP contribution < -0.4 is 5.48 Å². The van der Waals surface area contributed by atoms with E-state index in [9.17, 15) is 4.79 Å². The molecule has 0 rings (SSSR count). The molecule has 84 valence electrons. The quantitative estimate of drug-likeness (QED) is 0.424. The lowest BCUT2D eigenvalue weighted by Crippen LogP contribution is -2.29. The summed E-state index contributed by atoms with van der Waals surface area (Å²) in [5.74, 6) is 0. The van der Waals surface area contributed by atoms with Crippen LogP contribution in [0.25, 0.3) is 0 Å². The lowest BCUT2D eigenvalue weighted by molar-refractivity contribution is -0.0320. The number of ether oxygens (including phenoxy) is 1. The summed E-state index contributed by atoms with van der Waals surface area (Å²) in [6.45, 7) is 8.18. The Labute approximate surface area is 85.9 Å². The molecule has 0 aromatic heterocycles.